The highest BCUT2D eigenvalue weighted by Crippen LogP contribution is 2.27. The first kappa shape index (κ1) is 22.6. The average Bonchev–Trinajstić information content (AvgIpc) is 3.17. The fraction of sp³-hybridized carbons (Fsp3) is 0.261. The molecular weight excluding hydrogens is 448 g/mol. The Kier molecular flexibility index (Phi) is 6.52. The summed E-state index contributed by atoms with van der Waals surface area (Å²) in [4.78, 5) is 30.6. The van der Waals surface area contributed by atoms with Crippen LogP contribution >= 0.6 is 11.6 Å². The lowest BCUT2D eigenvalue weighted by atomic mass is 10.2. The summed E-state index contributed by atoms with van der Waals surface area (Å²) in [6, 6.07) is 14.3. The maximum absolute atomic E-state index is 13.3. The summed E-state index contributed by atoms with van der Waals surface area (Å²) in [5.41, 5.74) is 0.311. The highest BCUT2D eigenvalue weighted by Gasteiger charge is 2.22. The molecule has 0 saturated heterocycles. The van der Waals surface area contributed by atoms with E-state index in [2.05, 4.69) is 4.98 Å². The van der Waals surface area contributed by atoms with E-state index >= 15 is 0 Å². The Labute approximate surface area is 194 Å². The van der Waals surface area contributed by atoms with Gasteiger partial charge in [-0.3, -0.25) is 18.5 Å². The molecule has 0 aliphatic rings. The van der Waals surface area contributed by atoms with Gasteiger partial charge < -0.3 is 14.6 Å². The summed E-state index contributed by atoms with van der Waals surface area (Å²) < 4.78 is 15.3. The standard InChI is InChI=1S/C23H23ClN4O5/c1-26-20-19(21(30)27(23(26)31)12-3-13-29)28(14-15-4-6-16(24)7-5-15)22(25-20)33-18-10-8-17(32-2)9-11-18/h4-11,29H,3,12-14H2,1-2H3. The highest BCUT2D eigenvalue weighted by molar-refractivity contribution is 6.30. The van der Waals surface area contributed by atoms with E-state index in [-0.39, 0.29) is 43.3 Å². The number of methoxy groups -OCH3 is 1. The first-order chi connectivity index (χ1) is 15.9. The number of aryl methyl sites for hydroxylation is 1. The number of rotatable bonds is 8. The third-order valence-electron chi connectivity index (χ3n) is 5.26. The van der Waals surface area contributed by atoms with Gasteiger partial charge in [0.2, 0.25) is 0 Å². The third-order valence-corrected chi connectivity index (χ3v) is 5.51. The second-order valence-electron chi connectivity index (χ2n) is 7.43. The molecule has 0 amide bonds. The maximum atomic E-state index is 13.3. The lowest BCUT2D eigenvalue weighted by Gasteiger charge is -2.11. The summed E-state index contributed by atoms with van der Waals surface area (Å²) >= 11 is 6.02. The quantitative estimate of drug-likeness (QED) is 0.425. The predicted octanol–water partition coefficient (Wildman–Crippen LogP) is 2.78. The van der Waals surface area contributed by atoms with E-state index in [1.807, 2.05) is 12.1 Å². The molecular formula is C23H23ClN4O5. The van der Waals surface area contributed by atoms with Crippen molar-refractivity contribution in [2.24, 2.45) is 7.05 Å². The van der Waals surface area contributed by atoms with Gasteiger partial charge in [0, 0.05) is 25.2 Å². The Morgan fingerprint density at radius 3 is 2.30 bits per heavy atom. The number of ether oxygens (including phenoxy) is 2. The van der Waals surface area contributed by atoms with Gasteiger partial charge in [-0.1, -0.05) is 23.7 Å². The van der Waals surface area contributed by atoms with Crippen molar-refractivity contribution in [1.82, 2.24) is 18.7 Å². The van der Waals surface area contributed by atoms with Crippen LogP contribution in [-0.2, 0) is 20.1 Å². The van der Waals surface area contributed by atoms with Crippen LogP contribution in [0, 0.1) is 0 Å². The molecule has 1 N–H and O–H groups in total. The van der Waals surface area contributed by atoms with Crippen LogP contribution in [-0.4, -0.2) is 37.5 Å². The molecule has 0 spiro atoms. The number of aliphatic hydroxyl groups is 1. The molecule has 4 rings (SSSR count). The molecule has 33 heavy (non-hydrogen) atoms. The van der Waals surface area contributed by atoms with Crippen LogP contribution in [0.4, 0.5) is 0 Å². The molecule has 10 heteroatoms. The molecule has 172 valence electrons. The van der Waals surface area contributed by atoms with Gasteiger partial charge in [-0.15, -0.1) is 0 Å². The number of imidazole rings is 1. The van der Waals surface area contributed by atoms with Crippen LogP contribution < -0.4 is 20.7 Å². The SMILES string of the molecule is COc1ccc(Oc2nc3c(c(=O)n(CCCO)c(=O)n3C)n2Cc2ccc(Cl)cc2)cc1. The van der Waals surface area contributed by atoms with Gasteiger partial charge in [-0.05, 0) is 48.4 Å². The Hall–Kier alpha value is -3.56. The van der Waals surface area contributed by atoms with Crippen LogP contribution in [0.1, 0.15) is 12.0 Å². The number of hydrogen-bond acceptors (Lipinski definition) is 6. The number of aromatic nitrogens is 4. The minimum Gasteiger partial charge on any atom is -0.497 e. The number of aliphatic hydroxyl groups excluding tert-OH is 1. The monoisotopic (exact) mass is 470 g/mol. The van der Waals surface area contributed by atoms with Crippen LogP contribution in [0.15, 0.2) is 58.1 Å². The summed E-state index contributed by atoms with van der Waals surface area (Å²) in [6.07, 6.45) is 0.279. The Balaban J connectivity index is 1.90. The first-order valence-electron chi connectivity index (χ1n) is 10.3. The molecule has 0 aliphatic carbocycles. The molecule has 0 atom stereocenters. The first-order valence-corrected chi connectivity index (χ1v) is 10.7. The predicted molar refractivity (Wildman–Crippen MR) is 125 cm³/mol. The Morgan fingerprint density at radius 2 is 1.67 bits per heavy atom. The molecule has 2 heterocycles. The summed E-state index contributed by atoms with van der Waals surface area (Å²) in [5.74, 6) is 1.17. The van der Waals surface area contributed by atoms with Crippen molar-refractivity contribution < 1.29 is 14.6 Å². The van der Waals surface area contributed by atoms with Crippen molar-refractivity contribution in [2.45, 2.75) is 19.5 Å². The van der Waals surface area contributed by atoms with Gasteiger partial charge in [0.15, 0.2) is 11.2 Å². The number of benzene rings is 2. The van der Waals surface area contributed by atoms with E-state index in [1.165, 1.54) is 4.57 Å². The molecule has 0 bridgehead atoms. The fourth-order valence-electron chi connectivity index (χ4n) is 3.52. The largest absolute Gasteiger partial charge is 0.497 e. The Morgan fingerprint density at radius 1 is 1.00 bits per heavy atom. The summed E-state index contributed by atoms with van der Waals surface area (Å²) in [5, 5.41) is 9.78. The molecule has 0 aliphatic heterocycles. The molecule has 2 aromatic carbocycles. The molecule has 9 nitrogen and oxygen atoms in total. The zero-order valence-electron chi connectivity index (χ0n) is 18.2. The van der Waals surface area contributed by atoms with Gasteiger partial charge >= 0.3 is 11.7 Å². The molecule has 0 saturated carbocycles. The van der Waals surface area contributed by atoms with E-state index in [4.69, 9.17) is 21.1 Å². The third kappa shape index (κ3) is 4.50. The molecule has 0 radical (unpaired) electrons. The minimum atomic E-state index is -0.506. The number of nitrogens with zero attached hydrogens (tertiary/aromatic N) is 4. The lowest BCUT2D eigenvalue weighted by Crippen LogP contribution is -2.39. The van der Waals surface area contributed by atoms with Gasteiger partial charge in [0.25, 0.3) is 5.56 Å². The van der Waals surface area contributed by atoms with E-state index in [1.54, 1.807) is 55.1 Å². The number of halogens is 1. The minimum absolute atomic E-state index is 0.0960. The number of hydrogen-bond donors (Lipinski definition) is 1. The van der Waals surface area contributed by atoms with Crippen LogP contribution in [0.2, 0.25) is 5.02 Å². The summed E-state index contributed by atoms with van der Waals surface area (Å²) in [6.45, 7) is 0.231. The van der Waals surface area contributed by atoms with Crippen LogP contribution in [0.25, 0.3) is 11.2 Å². The van der Waals surface area contributed by atoms with Crippen molar-refractivity contribution in [3.05, 3.63) is 80.0 Å². The smallest absolute Gasteiger partial charge is 0.332 e. The van der Waals surface area contributed by atoms with Crippen LogP contribution in [0.3, 0.4) is 0 Å². The van der Waals surface area contributed by atoms with Gasteiger partial charge in [-0.25, -0.2) is 4.79 Å². The lowest BCUT2D eigenvalue weighted by molar-refractivity contribution is 0.277. The maximum Gasteiger partial charge on any atom is 0.332 e. The fourth-order valence-corrected chi connectivity index (χ4v) is 3.65. The van der Waals surface area contributed by atoms with Gasteiger partial charge in [0.1, 0.15) is 11.5 Å². The van der Waals surface area contributed by atoms with Gasteiger partial charge in [-0.2, -0.15) is 4.98 Å². The van der Waals surface area contributed by atoms with Crippen molar-refractivity contribution >= 4 is 22.8 Å². The average molecular weight is 471 g/mol. The number of fused-ring (bicyclic) bond motifs is 1. The summed E-state index contributed by atoms with van der Waals surface area (Å²) in [7, 11) is 3.13. The van der Waals surface area contributed by atoms with Gasteiger partial charge in [0.05, 0.1) is 13.7 Å². The Bertz CT molecular complexity index is 1390. The van der Waals surface area contributed by atoms with Crippen molar-refractivity contribution in [1.29, 1.82) is 0 Å². The molecule has 0 fully saturated rings. The van der Waals surface area contributed by atoms with Crippen molar-refractivity contribution in [2.75, 3.05) is 13.7 Å². The second kappa shape index (κ2) is 9.51. The van der Waals surface area contributed by atoms with E-state index in [9.17, 15) is 14.7 Å². The molecule has 2 aromatic heterocycles. The van der Waals surface area contributed by atoms with Crippen molar-refractivity contribution in [3.63, 3.8) is 0 Å². The normalized spacial score (nSPS) is 11.2. The topological polar surface area (TPSA) is 101 Å². The van der Waals surface area contributed by atoms with Crippen LogP contribution in [0.5, 0.6) is 17.5 Å². The van der Waals surface area contributed by atoms with E-state index in [0.717, 1.165) is 10.1 Å². The zero-order valence-corrected chi connectivity index (χ0v) is 19.0. The zero-order chi connectivity index (χ0) is 23.5. The molecule has 4 aromatic rings. The van der Waals surface area contributed by atoms with Crippen molar-refractivity contribution in [3.8, 4) is 17.5 Å². The highest BCUT2D eigenvalue weighted by atomic mass is 35.5. The van der Waals surface area contributed by atoms with E-state index in [0.29, 0.717) is 16.5 Å². The van der Waals surface area contributed by atoms with E-state index < -0.39 is 11.2 Å². The second-order valence-corrected chi connectivity index (χ2v) is 7.87. The molecule has 0 unspecified atom stereocenters.